The van der Waals surface area contributed by atoms with Gasteiger partial charge < -0.3 is 15.6 Å². The quantitative estimate of drug-likeness (QED) is 0.797. The van der Waals surface area contributed by atoms with Gasteiger partial charge in [0.1, 0.15) is 11.5 Å². The number of aromatic nitrogens is 2. The number of pyridine rings is 1. The number of carbonyl (C=O) groups excluding carboxylic acids is 1. The molecule has 0 aliphatic heterocycles. The fraction of sp³-hybridized carbons (Fsp3) is 0.214. The highest BCUT2D eigenvalue weighted by Gasteiger charge is 2.10. The van der Waals surface area contributed by atoms with E-state index in [1.54, 1.807) is 25.3 Å². The van der Waals surface area contributed by atoms with Crippen LogP contribution in [-0.4, -0.2) is 22.6 Å². The molecule has 0 saturated heterocycles. The Morgan fingerprint density at radius 2 is 2.40 bits per heavy atom. The summed E-state index contributed by atoms with van der Waals surface area (Å²) in [5, 5.41) is 6.56. The van der Waals surface area contributed by atoms with E-state index in [0.717, 1.165) is 0 Å². The Morgan fingerprint density at radius 3 is 3.10 bits per heavy atom. The predicted octanol–water partition coefficient (Wildman–Crippen LogP) is 0.618. The first-order valence-electron chi connectivity index (χ1n) is 6.04. The van der Waals surface area contributed by atoms with Crippen molar-refractivity contribution in [2.75, 3.05) is 6.54 Å². The number of carbonyl (C=O) groups is 1. The van der Waals surface area contributed by atoms with E-state index < -0.39 is 0 Å². The van der Waals surface area contributed by atoms with Crippen LogP contribution < -0.4 is 11.1 Å². The second kappa shape index (κ2) is 6.50. The topological polar surface area (TPSA) is 94.0 Å². The minimum Gasteiger partial charge on any atom is -0.361 e. The molecule has 0 aliphatic rings. The summed E-state index contributed by atoms with van der Waals surface area (Å²) in [4.78, 5) is 16.1. The Kier molecular flexibility index (Phi) is 4.47. The molecule has 0 radical (unpaired) electrons. The molecule has 6 heteroatoms. The molecule has 102 valence electrons. The van der Waals surface area contributed by atoms with E-state index in [0.29, 0.717) is 29.1 Å². The molecule has 2 aromatic rings. The van der Waals surface area contributed by atoms with Crippen molar-refractivity contribution < 1.29 is 9.32 Å². The number of rotatable bonds is 3. The summed E-state index contributed by atoms with van der Waals surface area (Å²) in [6.45, 7) is 2.32. The molecule has 0 saturated carbocycles. The monoisotopic (exact) mass is 270 g/mol. The second-order valence-corrected chi connectivity index (χ2v) is 4.04. The maximum atomic E-state index is 12.1. The predicted molar refractivity (Wildman–Crippen MR) is 72.6 cm³/mol. The second-order valence-electron chi connectivity index (χ2n) is 4.04. The van der Waals surface area contributed by atoms with E-state index in [-0.39, 0.29) is 12.5 Å². The van der Waals surface area contributed by atoms with Crippen molar-refractivity contribution in [1.82, 2.24) is 15.5 Å². The zero-order valence-corrected chi connectivity index (χ0v) is 11.0. The highest BCUT2D eigenvalue weighted by atomic mass is 16.5. The number of aryl methyl sites for hydroxylation is 1. The molecular weight excluding hydrogens is 256 g/mol. The summed E-state index contributed by atoms with van der Waals surface area (Å²) in [7, 11) is 0. The highest BCUT2D eigenvalue weighted by molar-refractivity contribution is 5.96. The lowest BCUT2D eigenvalue weighted by Gasteiger charge is -2.04. The molecule has 0 atom stereocenters. The number of nitrogens with zero attached hydrogens (tertiary/aromatic N) is 2. The molecule has 2 aromatic heterocycles. The van der Waals surface area contributed by atoms with Crippen LogP contribution in [0.3, 0.4) is 0 Å². The van der Waals surface area contributed by atoms with E-state index in [1.807, 2.05) is 0 Å². The molecule has 6 nitrogen and oxygen atoms in total. The molecule has 0 bridgehead atoms. The molecule has 0 spiro atoms. The third-order valence-corrected chi connectivity index (χ3v) is 2.50. The van der Waals surface area contributed by atoms with Crippen LogP contribution in [0.15, 0.2) is 29.0 Å². The Morgan fingerprint density at radius 1 is 1.55 bits per heavy atom. The van der Waals surface area contributed by atoms with Crippen molar-refractivity contribution in [3.8, 4) is 11.8 Å². The van der Waals surface area contributed by atoms with Gasteiger partial charge in [0, 0.05) is 18.5 Å². The molecule has 20 heavy (non-hydrogen) atoms. The van der Waals surface area contributed by atoms with Crippen LogP contribution in [0.2, 0.25) is 0 Å². The van der Waals surface area contributed by atoms with Crippen molar-refractivity contribution in [3.63, 3.8) is 0 Å². The van der Waals surface area contributed by atoms with E-state index >= 15 is 0 Å². The number of hydrogen-bond acceptors (Lipinski definition) is 5. The summed E-state index contributed by atoms with van der Waals surface area (Å²) in [6.07, 6.45) is 3.08. The van der Waals surface area contributed by atoms with Gasteiger partial charge in [0.25, 0.3) is 5.91 Å². The van der Waals surface area contributed by atoms with E-state index in [1.165, 1.54) is 6.20 Å². The third kappa shape index (κ3) is 3.43. The number of nitrogens with one attached hydrogen (secondary N) is 1. The van der Waals surface area contributed by atoms with Gasteiger partial charge in [0.15, 0.2) is 0 Å². The van der Waals surface area contributed by atoms with Gasteiger partial charge in [-0.05, 0) is 13.0 Å². The van der Waals surface area contributed by atoms with Crippen molar-refractivity contribution in [2.45, 2.75) is 13.5 Å². The first kappa shape index (κ1) is 13.8. The van der Waals surface area contributed by atoms with Crippen LogP contribution in [0.25, 0.3) is 0 Å². The number of hydrogen-bond donors (Lipinski definition) is 2. The van der Waals surface area contributed by atoms with Crippen LogP contribution in [0.1, 0.15) is 27.4 Å². The lowest BCUT2D eigenvalue weighted by atomic mass is 10.1. The van der Waals surface area contributed by atoms with E-state index in [2.05, 4.69) is 27.3 Å². The van der Waals surface area contributed by atoms with Crippen molar-refractivity contribution in [2.24, 2.45) is 5.73 Å². The minimum absolute atomic E-state index is 0.230. The summed E-state index contributed by atoms with van der Waals surface area (Å²) in [6, 6.07) is 3.38. The SMILES string of the molecule is Cc1cc(CNC(=O)c2ccncc2C#CCN)no1. The van der Waals surface area contributed by atoms with E-state index in [4.69, 9.17) is 10.3 Å². The first-order valence-corrected chi connectivity index (χ1v) is 6.04. The molecule has 1 amide bonds. The Labute approximate surface area is 116 Å². The molecular formula is C14H14N4O2. The van der Waals surface area contributed by atoms with Crippen LogP contribution in [0.4, 0.5) is 0 Å². The van der Waals surface area contributed by atoms with Crippen LogP contribution in [-0.2, 0) is 6.54 Å². The van der Waals surface area contributed by atoms with Gasteiger partial charge in [-0.3, -0.25) is 9.78 Å². The highest BCUT2D eigenvalue weighted by Crippen LogP contribution is 2.06. The third-order valence-electron chi connectivity index (χ3n) is 2.50. The number of amides is 1. The molecule has 2 heterocycles. The van der Waals surface area contributed by atoms with Crippen molar-refractivity contribution in [1.29, 1.82) is 0 Å². The van der Waals surface area contributed by atoms with Crippen LogP contribution in [0.5, 0.6) is 0 Å². The summed E-state index contributed by atoms with van der Waals surface area (Å²) < 4.78 is 4.93. The first-order chi connectivity index (χ1) is 9.70. The van der Waals surface area contributed by atoms with Gasteiger partial charge in [0.2, 0.25) is 0 Å². The summed E-state index contributed by atoms with van der Waals surface area (Å²) >= 11 is 0. The van der Waals surface area contributed by atoms with Crippen molar-refractivity contribution >= 4 is 5.91 Å². The fourth-order valence-corrected chi connectivity index (χ4v) is 1.61. The van der Waals surface area contributed by atoms with Crippen LogP contribution >= 0.6 is 0 Å². The Bertz CT molecular complexity index is 667. The largest absolute Gasteiger partial charge is 0.361 e. The van der Waals surface area contributed by atoms with Gasteiger partial charge in [-0.2, -0.15) is 0 Å². The van der Waals surface area contributed by atoms with Crippen molar-refractivity contribution in [3.05, 3.63) is 47.1 Å². The minimum atomic E-state index is -0.241. The summed E-state index contributed by atoms with van der Waals surface area (Å²) in [5.41, 5.74) is 7.00. The van der Waals surface area contributed by atoms with Crippen LogP contribution in [0, 0.1) is 18.8 Å². The maximum Gasteiger partial charge on any atom is 0.252 e. The lowest BCUT2D eigenvalue weighted by molar-refractivity contribution is 0.0949. The smallest absolute Gasteiger partial charge is 0.252 e. The molecule has 0 unspecified atom stereocenters. The average Bonchev–Trinajstić information content (AvgIpc) is 2.88. The standard InChI is InChI=1S/C14H14N4O2/c1-10-7-12(18-20-10)9-17-14(19)13-4-6-16-8-11(13)3-2-5-15/h4,6-8H,5,9,15H2,1H3,(H,17,19). The van der Waals surface area contributed by atoms with Gasteiger partial charge in [-0.25, -0.2) is 0 Å². The average molecular weight is 270 g/mol. The Balaban J connectivity index is 2.09. The molecule has 2 rings (SSSR count). The number of nitrogens with two attached hydrogens (primary N) is 1. The fourth-order valence-electron chi connectivity index (χ4n) is 1.61. The van der Waals surface area contributed by atoms with Gasteiger partial charge in [-0.1, -0.05) is 17.0 Å². The normalized spacial score (nSPS) is 9.70. The van der Waals surface area contributed by atoms with Gasteiger partial charge in [-0.15, -0.1) is 0 Å². The zero-order chi connectivity index (χ0) is 14.4. The Hall–Kier alpha value is -2.65. The van der Waals surface area contributed by atoms with Gasteiger partial charge >= 0.3 is 0 Å². The van der Waals surface area contributed by atoms with E-state index in [9.17, 15) is 4.79 Å². The molecule has 0 aliphatic carbocycles. The van der Waals surface area contributed by atoms with Gasteiger partial charge in [0.05, 0.1) is 24.2 Å². The molecule has 0 aromatic carbocycles. The molecule has 0 fully saturated rings. The summed E-state index contributed by atoms with van der Waals surface area (Å²) in [5.74, 6) is 5.99. The molecule has 3 N–H and O–H groups in total. The zero-order valence-electron chi connectivity index (χ0n) is 11.0. The lowest BCUT2D eigenvalue weighted by Crippen LogP contribution is -2.24. The maximum absolute atomic E-state index is 12.1.